The second-order valence-corrected chi connectivity index (χ2v) is 4.35. The van der Waals surface area contributed by atoms with Crippen molar-refractivity contribution in [2.24, 2.45) is 0 Å². The highest BCUT2D eigenvalue weighted by atomic mass is 19.4. The minimum absolute atomic E-state index is 0.594. The highest BCUT2D eigenvalue weighted by Crippen LogP contribution is 2.29. The molecule has 19 heavy (non-hydrogen) atoms. The van der Waals surface area contributed by atoms with Crippen molar-refractivity contribution in [2.45, 2.75) is 19.0 Å². The van der Waals surface area contributed by atoms with Gasteiger partial charge in [0.1, 0.15) is 0 Å². The normalized spacial score (nSPS) is 11.5. The van der Waals surface area contributed by atoms with Crippen molar-refractivity contribution in [3.05, 3.63) is 77.7 Å². The molecule has 0 nitrogen and oxygen atoms in total. The first-order valence-electron chi connectivity index (χ1n) is 6.10. The van der Waals surface area contributed by atoms with Gasteiger partial charge in [-0.1, -0.05) is 42.5 Å². The number of aryl methyl sites for hydroxylation is 1. The van der Waals surface area contributed by atoms with E-state index >= 15 is 0 Å². The topological polar surface area (TPSA) is 0 Å². The first kappa shape index (κ1) is 13.7. The smallest absolute Gasteiger partial charge is 0.166 e. The summed E-state index contributed by atoms with van der Waals surface area (Å²) in [6, 6.07) is 15.2. The number of alkyl halides is 3. The third-order valence-electron chi connectivity index (χ3n) is 2.89. The van der Waals surface area contributed by atoms with Crippen molar-refractivity contribution < 1.29 is 13.2 Å². The lowest BCUT2D eigenvalue weighted by molar-refractivity contribution is -0.137. The van der Waals surface area contributed by atoms with Crippen LogP contribution in [0.15, 0.2) is 54.6 Å². The van der Waals surface area contributed by atoms with Crippen LogP contribution in [0.5, 0.6) is 0 Å². The predicted molar refractivity (Wildman–Crippen MR) is 69.6 cm³/mol. The van der Waals surface area contributed by atoms with Gasteiger partial charge in [0.25, 0.3) is 0 Å². The van der Waals surface area contributed by atoms with Crippen molar-refractivity contribution in [3.63, 3.8) is 0 Å². The van der Waals surface area contributed by atoms with Gasteiger partial charge >= 0.3 is 6.18 Å². The van der Waals surface area contributed by atoms with Crippen LogP contribution in [0.2, 0.25) is 0 Å². The van der Waals surface area contributed by atoms with E-state index in [1.165, 1.54) is 0 Å². The summed E-state index contributed by atoms with van der Waals surface area (Å²) in [6.45, 7) is 0. The molecule has 0 aromatic heterocycles. The Hall–Kier alpha value is -1.77. The Morgan fingerprint density at radius 2 is 1.47 bits per heavy atom. The molecular formula is C16H14F3. The number of rotatable bonds is 4. The third kappa shape index (κ3) is 4.12. The van der Waals surface area contributed by atoms with Crippen LogP contribution in [0.4, 0.5) is 13.2 Å². The lowest BCUT2D eigenvalue weighted by atomic mass is 10.0. The standard InChI is InChI=1S/C16H14F3/c17-16(18,19)15-11-9-14(10-12-15)8-4-7-13-5-2-1-3-6-13/h1-3,5-7,9-12H,4,8H2. The number of halogens is 3. The molecule has 0 saturated heterocycles. The molecular weight excluding hydrogens is 249 g/mol. The Kier molecular flexibility index (Phi) is 4.25. The van der Waals surface area contributed by atoms with Crippen LogP contribution in [0, 0.1) is 6.42 Å². The molecule has 0 bridgehead atoms. The van der Waals surface area contributed by atoms with E-state index in [9.17, 15) is 13.2 Å². The van der Waals surface area contributed by atoms with Gasteiger partial charge in [-0.15, -0.1) is 0 Å². The fourth-order valence-corrected chi connectivity index (χ4v) is 1.86. The molecule has 2 rings (SSSR count). The zero-order chi connectivity index (χ0) is 13.7. The Labute approximate surface area is 110 Å². The number of hydrogen-bond acceptors (Lipinski definition) is 0. The van der Waals surface area contributed by atoms with Crippen LogP contribution in [-0.2, 0) is 12.6 Å². The van der Waals surface area contributed by atoms with Crippen molar-refractivity contribution in [2.75, 3.05) is 0 Å². The van der Waals surface area contributed by atoms with E-state index in [0.29, 0.717) is 0 Å². The first-order chi connectivity index (χ1) is 9.05. The molecule has 0 spiro atoms. The summed E-state index contributed by atoms with van der Waals surface area (Å²) >= 11 is 0. The van der Waals surface area contributed by atoms with E-state index in [0.717, 1.165) is 36.1 Å². The number of benzene rings is 2. The van der Waals surface area contributed by atoms with Gasteiger partial charge in [-0.25, -0.2) is 0 Å². The summed E-state index contributed by atoms with van der Waals surface area (Å²) in [5.41, 5.74) is 1.46. The molecule has 0 atom stereocenters. The predicted octanol–water partition coefficient (Wildman–Crippen LogP) is 4.89. The summed E-state index contributed by atoms with van der Waals surface area (Å²) in [7, 11) is 0. The highest BCUT2D eigenvalue weighted by molar-refractivity contribution is 5.26. The van der Waals surface area contributed by atoms with Gasteiger partial charge in [-0.3, -0.25) is 0 Å². The zero-order valence-corrected chi connectivity index (χ0v) is 10.3. The Bertz CT molecular complexity index is 498. The highest BCUT2D eigenvalue weighted by Gasteiger charge is 2.29. The minimum Gasteiger partial charge on any atom is -0.166 e. The van der Waals surface area contributed by atoms with Gasteiger partial charge < -0.3 is 0 Å². The van der Waals surface area contributed by atoms with Crippen molar-refractivity contribution in [1.82, 2.24) is 0 Å². The van der Waals surface area contributed by atoms with Gasteiger partial charge in [0, 0.05) is 0 Å². The molecule has 2 aromatic rings. The van der Waals surface area contributed by atoms with E-state index in [1.54, 1.807) is 12.1 Å². The van der Waals surface area contributed by atoms with Gasteiger partial charge in [0.15, 0.2) is 0 Å². The summed E-state index contributed by atoms with van der Waals surface area (Å²) < 4.78 is 37.2. The molecule has 0 aliphatic rings. The van der Waals surface area contributed by atoms with Crippen LogP contribution in [0.25, 0.3) is 0 Å². The van der Waals surface area contributed by atoms with Crippen LogP contribution in [0.3, 0.4) is 0 Å². The average Bonchev–Trinajstić information content (AvgIpc) is 2.39. The van der Waals surface area contributed by atoms with Crippen LogP contribution in [-0.4, -0.2) is 0 Å². The maximum atomic E-state index is 12.4. The van der Waals surface area contributed by atoms with Gasteiger partial charge in [-0.2, -0.15) is 13.2 Å². The Morgan fingerprint density at radius 3 is 2.05 bits per heavy atom. The number of hydrogen-bond donors (Lipinski definition) is 0. The second-order valence-electron chi connectivity index (χ2n) is 4.35. The molecule has 0 heterocycles. The molecule has 0 unspecified atom stereocenters. The van der Waals surface area contributed by atoms with Crippen molar-refractivity contribution in [1.29, 1.82) is 0 Å². The largest absolute Gasteiger partial charge is 0.416 e. The molecule has 0 saturated carbocycles. The van der Waals surface area contributed by atoms with Gasteiger partial charge in [0.05, 0.1) is 5.56 Å². The molecule has 0 N–H and O–H groups in total. The summed E-state index contributed by atoms with van der Waals surface area (Å²) in [5, 5.41) is 0. The SMILES string of the molecule is FC(F)(F)c1ccc(CC[CH]c2ccccc2)cc1. The lowest BCUT2D eigenvalue weighted by Crippen LogP contribution is -2.04. The Balaban J connectivity index is 1.87. The van der Waals surface area contributed by atoms with E-state index in [-0.39, 0.29) is 0 Å². The second kappa shape index (κ2) is 5.91. The fraction of sp³-hybridized carbons (Fsp3) is 0.188. The van der Waals surface area contributed by atoms with E-state index < -0.39 is 11.7 Å². The van der Waals surface area contributed by atoms with E-state index in [1.807, 2.05) is 30.3 Å². The maximum Gasteiger partial charge on any atom is 0.416 e. The molecule has 0 amide bonds. The molecule has 2 aromatic carbocycles. The zero-order valence-electron chi connectivity index (χ0n) is 10.3. The van der Waals surface area contributed by atoms with Gasteiger partial charge in [0.2, 0.25) is 0 Å². The quantitative estimate of drug-likeness (QED) is 0.736. The molecule has 0 fully saturated rings. The first-order valence-corrected chi connectivity index (χ1v) is 6.10. The maximum absolute atomic E-state index is 12.4. The van der Waals surface area contributed by atoms with Crippen LogP contribution in [0.1, 0.15) is 23.1 Å². The van der Waals surface area contributed by atoms with Gasteiger partial charge in [-0.05, 0) is 42.5 Å². The monoisotopic (exact) mass is 263 g/mol. The molecule has 0 aliphatic heterocycles. The Morgan fingerprint density at radius 1 is 0.842 bits per heavy atom. The minimum atomic E-state index is -4.26. The summed E-state index contributed by atoms with van der Waals surface area (Å²) in [4.78, 5) is 0. The average molecular weight is 263 g/mol. The van der Waals surface area contributed by atoms with Crippen LogP contribution >= 0.6 is 0 Å². The molecule has 99 valence electrons. The molecule has 3 heteroatoms. The van der Waals surface area contributed by atoms with Crippen LogP contribution < -0.4 is 0 Å². The van der Waals surface area contributed by atoms with Crippen molar-refractivity contribution >= 4 is 0 Å². The summed E-state index contributed by atoms with van der Waals surface area (Å²) in [5.74, 6) is 0. The fourth-order valence-electron chi connectivity index (χ4n) is 1.86. The third-order valence-corrected chi connectivity index (χ3v) is 2.89. The summed E-state index contributed by atoms with van der Waals surface area (Å²) in [6.07, 6.45) is -0.616. The van der Waals surface area contributed by atoms with E-state index in [4.69, 9.17) is 0 Å². The van der Waals surface area contributed by atoms with E-state index in [2.05, 4.69) is 6.42 Å². The molecule has 1 radical (unpaired) electrons. The van der Waals surface area contributed by atoms with Crippen molar-refractivity contribution in [3.8, 4) is 0 Å². The molecule has 0 aliphatic carbocycles. The lowest BCUT2D eigenvalue weighted by Gasteiger charge is -2.07.